The van der Waals surface area contributed by atoms with E-state index in [-0.39, 0.29) is 59.1 Å². The van der Waals surface area contributed by atoms with Gasteiger partial charge in [0.25, 0.3) is 0 Å². The maximum absolute atomic E-state index is 11.3. The Morgan fingerprint density at radius 2 is 1.45 bits per heavy atom. The predicted molar refractivity (Wildman–Crippen MR) is 60.3 cm³/mol. The monoisotopic (exact) mass is 326 g/mol. The minimum absolute atomic E-state index is 0. The first-order valence-corrected chi connectivity index (χ1v) is 6.30. The first-order chi connectivity index (χ1) is 8.52. The van der Waals surface area contributed by atoms with E-state index in [0.29, 0.717) is 13.3 Å². The van der Waals surface area contributed by atoms with Crippen molar-refractivity contribution in [3.63, 3.8) is 0 Å². The van der Waals surface area contributed by atoms with Crippen molar-refractivity contribution >= 4 is 17.4 Å². The fraction of sp³-hybridized carbons (Fsp3) is 0.857. The summed E-state index contributed by atoms with van der Waals surface area (Å²) >= 11 is -3.11. The third kappa shape index (κ3) is 8.58. The van der Waals surface area contributed by atoms with Gasteiger partial charge in [0.2, 0.25) is 0 Å². The molecule has 2 rings (SSSR count). The summed E-state index contributed by atoms with van der Waals surface area (Å²) in [5, 5.41) is 11.7. The number of urea groups is 1. The fourth-order valence-corrected chi connectivity index (χ4v) is 1.77. The number of hydrogen-bond acceptors (Lipinski definition) is 8. The largest absolute Gasteiger partial charge is 1.00 e. The molecule has 0 bridgehead atoms. The Kier molecular flexibility index (Phi) is 14.9. The van der Waals surface area contributed by atoms with Gasteiger partial charge in [-0.2, -0.15) is 15.1 Å². The van der Waals surface area contributed by atoms with Crippen LogP contribution < -0.4 is 75.5 Å². The smallest absolute Gasteiger partial charge is 0.784 e. The third-order valence-corrected chi connectivity index (χ3v) is 2.41. The molecule has 2 aliphatic heterocycles. The van der Waals surface area contributed by atoms with Crippen molar-refractivity contribution in [2.45, 2.75) is 0 Å². The molecule has 2 saturated heterocycles. The minimum Gasteiger partial charge on any atom is -0.784 e. The van der Waals surface area contributed by atoms with Gasteiger partial charge in [-0.25, -0.2) is 4.79 Å². The Morgan fingerprint density at radius 3 is 1.65 bits per heavy atom. The van der Waals surface area contributed by atoms with E-state index in [0.717, 1.165) is 26.2 Å². The average Bonchev–Trinajstić information content (AvgIpc) is 2.88. The molecule has 2 heterocycles. The second-order valence-electron chi connectivity index (χ2n) is 3.61. The molecule has 0 aliphatic carbocycles. The topological polar surface area (TPSA) is 140 Å². The number of nitrogens with two attached hydrogens (primary N) is 1. The van der Waals surface area contributed by atoms with Crippen molar-refractivity contribution in [1.82, 2.24) is 25.8 Å². The number of amides is 2. The van der Waals surface area contributed by atoms with Crippen molar-refractivity contribution in [1.29, 1.82) is 0 Å². The fourth-order valence-electron chi connectivity index (χ4n) is 1.77. The van der Waals surface area contributed by atoms with Gasteiger partial charge in [0.15, 0.2) is 0 Å². The van der Waals surface area contributed by atoms with E-state index in [1.807, 2.05) is 10.0 Å². The number of rotatable bonds is 2. The number of hydrogen-bond donors (Lipinski definition) is 3. The molecule has 0 saturated carbocycles. The Morgan fingerprint density at radius 1 is 1.10 bits per heavy atom. The summed E-state index contributed by atoms with van der Waals surface area (Å²) in [6.07, 6.45) is 0. The van der Waals surface area contributed by atoms with Gasteiger partial charge in [-0.1, -0.05) is 0 Å². The van der Waals surface area contributed by atoms with Gasteiger partial charge >= 0.3 is 65.1 Å². The Balaban J connectivity index is 0. The summed E-state index contributed by atoms with van der Waals surface area (Å²) in [6, 6.07) is -0.419. The number of primary amides is 1. The van der Waals surface area contributed by atoms with Crippen LogP contribution in [0.3, 0.4) is 0 Å². The van der Waals surface area contributed by atoms with Crippen LogP contribution in [-0.2, 0) is 11.4 Å². The van der Waals surface area contributed by atoms with Gasteiger partial charge in [0.05, 0.1) is 13.3 Å². The van der Waals surface area contributed by atoms with Crippen LogP contribution >= 0.6 is 0 Å². The zero-order valence-corrected chi connectivity index (χ0v) is 16.5. The van der Waals surface area contributed by atoms with Crippen molar-refractivity contribution in [3.8, 4) is 0 Å². The van der Waals surface area contributed by atoms with Crippen LogP contribution in [0.1, 0.15) is 0 Å². The quantitative estimate of drug-likeness (QED) is 0.336. The molecule has 106 valence electrons. The summed E-state index contributed by atoms with van der Waals surface area (Å²) in [5.74, 6) is 0. The molecule has 10 nitrogen and oxygen atoms in total. The number of hydrazine groups is 2. The summed E-state index contributed by atoms with van der Waals surface area (Å²) < 4.78 is 25.3. The number of nitrogens with zero attached hydrogens (tertiary/aromatic N) is 3. The van der Waals surface area contributed by atoms with E-state index < -0.39 is 17.4 Å². The Labute approximate surface area is 164 Å². The van der Waals surface area contributed by atoms with Gasteiger partial charge in [-0.05, 0) is 0 Å². The summed E-state index contributed by atoms with van der Waals surface area (Å²) in [7, 11) is 0. The molecule has 0 radical (unpaired) electrons. The van der Waals surface area contributed by atoms with Crippen LogP contribution in [0.2, 0.25) is 0 Å². The van der Waals surface area contributed by atoms with Crippen LogP contribution in [0.4, 0.5) is 4.79 Å². The Bertz CT molecular complexity index is 283. The molecule has 20 heavy (non-hydrogen) atoms. The molecular weight excluding hydrogens is 310 g/mol. The number of carbonyl (C=O) groups is 1. The average molecular weight is 326 g/mol. The molecule has 0 aromatic heterocycles. The number of nitrogens with one attached hydrogen (secondary N) is 2. The summed E-state index contributed by atoms with van der Waals surface area (Å²) in [5.41, 5.74) is 5.34. The van der Waals surface area contributed by atoms with Gasteiger partial charge in [0, 0.05) is 26.2 Å². The first kappa shape index (κ1) is 23.4. The Hall–Kier alpha value is 1.18. The molecule has 0 aromatic carbocycles. The summed E-state index contributed by atoms with van der Waals surface area (Å²) in [6.45, 7) is 4.79. The molecule has 2 aliphatic rings. The van der Waals surface area contributed by atoms with Crippen molar-refractivity contribution in [2.75, 3.05) is 39.5 Å². The normalized spacial score (nSPS) is 18.8. The molecule has 4 N–H and O–H groups in total. The van der Waals surface area contributed by atoms with Crippen LogP contribution in [0.15, 0.2) is 0 Å². The van der Waals surface area contributed by atoms with Crippen molar-refractivity contribution < 1.29 is 77.2 Å². The second-order valence-corrected chi connectivity index (χ2v) is 4.02. The number of carbonyl (C=O) groups excluding carboxylic acids is 1. The van der Waals surface area contributed by atoms with Crippen molar-refractivity contribution in [2.24, 2.45) is 5.73 Å². The zero-order valence-electron chi connectivity index (χ0n) is 11.7. The SMILES string of the molecule is NC(=O)N(N1CCNC1)N1CCNC1.O=S([O-])[O-].[Na+].[Na+]. The van der Waals surface area contributed by atoms with E-state index in [2.05, 4.69) is 10.6 Å². The van der Waals surface area contributed by atoms with Crippen LogP contribution in [-0.4, -0.2) is 74.0 Å². The maximum Gasteiger partial charge on any atom is 1.00 e. The third-order valence-electron chi connectivity index (χ3n) is 2.41. The first-order valence-electron chi connectivity index (χ1n) is 5.30. The zero-order chi connectivity index (χ0) is 13.5. The van der Waals surface area contributed by atoms with Gasteiger partial charge < -0.3 is 25.5 Å². The second kappa shape index (κ2) is 12.7. The summed E-state index contributed by atoms with van der Waals surface area (Å²) in [4.78, 5) is 11.3. The molecule has 0 aromatic rings. The van der Waals surface area contributed by atoms with Crippen LogP contribution in [0.25, 0.3) is 0 Å². The van der Waals surface area contributed by atoms with E-state index in [9.17, 15) is 4.79 Å². The maximum atomic E-state index is 11.3. The van der Waals surface area contributed by atoms with Crippen LogP contribution in [0.5, 0.6) is 0 Å². The molecule has 0 atom stereocenters. The molecule has 2 amide bonds. The van der Waals surface area contributed by atoms with Gasteiger partial charge in [-0.3, -0.25) is 4.21 Å². The van der Waals surface area contributed by atoms with E-state index in [1.54, 1.807) is 0 Å². The van der Waals surface area contributed by atoms with E-state index in [4.69, 9.17) is 19.0 Å². The van der Waals surface area contributed by atoms with Crippen LogP contribution in [0, 0.1) is 0 Å². The standard InChI is InChI=1S/C7H16N6O.2Na.H2O3S/c8-7(14)13(11-3-1-9-5-11)12-4-2-10-6-12;;;1-4(2)3/h9-10H,1-6H2,(H2,8,14);;;(H2,1,2,3)/q;2*+1;/p-2. The predicted octanol–water partition coefficient (Wildman–Crippen LogP) is -9.07. The molecular formula is C7H16N6Na2O4S. The molecule has 13 heteroatoms. The van der Waals surface area contributed by atoms with Crippen molar-refractivity contribution in [3.05, 3.63) is 0 Å². The van der Waals surface area contributed by atoms with E-state index in [1.165, 1.54) is 5.12 Å². The van der Waals surface area contributed by atoms with Gasteiger partial charge in [-0.15, -0.1) is 11.4 Å². The van der Waals surface area contributed by atoms with E-state index >= 15 is 0 Å². The van der Waals surface area contributed by atoms with Gasteiger partial charge in [0.1, 0.15) is 0 Å². The molecule has 0 unspecified atom stereocenters. The molecule has 2 fully saturated rings. The minimum atomic E-state index is -3.11. The molecule has 0 spiro atoms.